The van der Waals surface area contributed by atoms with Gasteiger partial charge in [-0.1, -0.05) is 16.9 Å². The molecule has 8 heteroatoms. The van der Waals surface area contributed by atoms with E-state index in [1.54, 1.807) is 13.1 Å². The van der Waals surface area contributed by atoms with Crippen LogP contribution in [-0.2, 0) is 11.8 Å². The van der Waals surface area contributed by atoms with Crippen LogP contribution in [0.1, 0.15) is 30.5 Å². The van der Waals surface area contributed by atoms with E-state index in [9.17, 15) is 4.79 Å². The van der Waals surface area contributed by atoms with Crippen LogP contribution in [0.3, 0.4) is 0 Å². The molecule has 7 nitrogen and oxygen atoms in total. The molecule has 1 atom stereocenters. The summed E-state index contributed by atoms with van der Waals surface area (Å²) in [5, 5.41) is 4.85. The minimum atomic E-state index is 0.137. The standard InChI is InChI=1S/C14H19N5O2S/c1-10-16-13(17-21-10)11-4-3-6-19(8-11)12(20)9-22-14-15-5-7-18(14)2/h5,7,11H,3-4,6,8-9H2,1-2H3/t11-/m0/s1. The summed E-state index contributed by atoms with van der Waals surface area (Å²) in [7, 11) is 1.93. The summed E-state index contributed by atoms with van der Waals surface area (Å²) in [5.74, 6) is 2.00. The van der Waals surface area contributed by atoms with E-state index >= 15 is 0 Å². The molecule has 1 aliphatic heterocycles. The molecule has 1 saturated heterocycles. The first-order valence-electron chi connectivity index (χ1n) is 7.31. The molecular weight excluding hydrogens is 302 g/mol. The molecule has 1 amide bonds. The third-order valence-corrected chi connectivity index (χ3v) is 4.83. The molecule has 0 aliphatic carbocycles. The molecule has 0 bridgehead atoms. The van der Waals surface area contributed by atoms with Gasteiger partial charge in [-0.2, -0.15) is 4.98 Å². The summed E-state index contributed by atoms with van der Waals surface area (Å²) in [6, 6.07) is 0. The molecule has 22 heavy (non-hydrogen) atoms. The van der Waals surface area contributed by atoms with Gasteiger partial charge >= 0.3 is 0 Å². The molecule has 2 aromatic rings. The molecule has 3 heterocycles. The summed E-state index contributed by atoms with van der Waals surface area (Å²) in [6.45, 7) is 3.25. The predicted molar refractivity (Wildman–Crippen MR) is 81.5 cm³/mol. The van der Waals surface area contributed by atoms with Crippen molar-refractivity contribution >= 4 is 17.7 Å². The lowest BCUT2D eigenvalue weighted by molar-refractivity contribution is -0.129. The molecule has 118 valence electrons. The van der Waals surface area contributed by atoms with Gasteiger partial charge in [-0.3, -0.25) is 4.79 Å². The molecule has 0 unspecified atom stereocenters. The molecule has 1 fully saturated rings. The van der Waals surface area contributed by atoms with Crippen LogP contribution in [0.2, 0.25) is 0 Å². The first kappa shape index (κ1) is 15.1. The second-order valence-electron chi connectivity index (χ2n) is 5.46. The average Bonchev–Trinajstić information content (AvgIpc) is 3.13. The van der Waals surface area contributed by atoms with Crippen molar-refractivity contribution in [3.8, 4) is 0 Å². The predicted octanol–water partition coefficient (Wildman–Crippen LogP) is 1.61. The fraction of sp³-hybridized carbons (Fsp3) is 0.571. The maximum absolute atomic E-state index is 12.4. The van der Waals surface area contributed by atoms with Crippen LogP contribution >= 0.6 is 11.8 Å². The molecule has 0 aromatic carbocycles. The third kappa shape index (κ3) is 3.32. The molecule has 0 saturated carbocycles. The SMILES string of the molecule is Cc1nc([C@H]2CCCN(C(=O)CSc3nccn3C)C2)no1. The van der Waals surface area contributed by atoms with Gasteiger partial charge in [0.25, 0.3) is 0 Å². The quantitative estimate of drug-likeness (QED) is 0.796. The van der Waals surface area contributed by atoms with Crippen molar-refractivity contribution in [2.24, 2.45) is 7.05 Å². The number of aryl methyl sites for hydroxylation is 2. The van der Waals surface area contributed by atoms with Crippen LogP contribution in [-0.4, -0.2) is 49.3 Å². The number of thioether (sulfide) groups is 1. The van der Waals surface area contributed by atoms with Crippen molar-refractivity contribution in [2.75, 3.05) is 18.8 Å². The Hall–Kier alpha value is -1.83. The Morgan fingerprint density at radius 2 is 2.41 bits per heavy atom. The highest BCUT2D eigenvalue weighted by atomic mass is 32.2. The molecule has 3 rings (SSSR count). The second-order valence-corrected chi connectivity index (χ2v) is 6.40. The number of carbonyl (C=O) groups excluding carboxylic acids is 1. The average molecular weight is 321 g/mol. The fourth-order valence-corrected chi connectivity index (χ4v) is 3.44. The Kier molecular flexibility index (Phi) is 4.47. The Morgan fingerprint density at radius 1 is 1.55 bits per heavy atom. The van der Waals surface area contributed by atoms with Gasteiger partial charge in [0.15, 0.2) is 11.0 Å². The Balaban J connectivity index is 1.57. The van der Waals surface area contributed by atoms with Crippen molar-refractivity contribution in [3.63, 3.8) is 0 Å². The topological polar surface area (TPSA) is 77.1 Å². The first-order chi connectivity index (χ1) is 10.6. The lowest BCUT2D eigenvalue weighted by Gasteiger charge is -2.31. The number of hydrogen-bond acceptors (Lipinski definition) is 6. The number of carbonyl (C=O) groups is 1. The summed E-state index contributed by atoms with van der Waals surface area (Å²) in [5.41, 5.74) is 0. The summed E-state index contributed by atoms with van der Waals surface area (Å²) >= 11 is 1.47. The van der Waals surface area contributed by atoms with Crippen LogP contribution in [0.4, 0.5) is 0 Å². The zero-order valence-corrected chi connectivity index (χ0v) is 13.5. The Labute approximate surface area is 133 Å². The number of nitrogens with zero attached hydrogens (tertiary/aromatic N) is 5. The van der Waals surface area contributed by atoms with E-state index in [2.05, 4.69) is 15.1 Å². The van der Waals surface area contributed by atoms with Crippen molar-refractivity contribution < 1.29 is 9.32 Å². The van der Waals surface area contributed by atoms with E-state index in [4.69, 9.17) is 4.52 Å². The lowest BCUT2D eigenvalue weighted by Crippen LogP contribution is -2.40. The van der Waals surface area contributed by atoms with E-state index in [0.29, 0.717) is 24.0 Å². The molecule has 2 aromatic heterocycles. The van der Waals surface area contributed by atoms with Gasteiger partial charge in [-0.05, 0) is 12.8 Å². The van der Waals surface area contributed by atoms with Gasteiger partial charge in [0.2, 0.25) is 11.8 Å². The van der Waals surface area contributed by atoms with Gasteiger partial charge < -0.3 is 14.0 Å². The lowest BCUT2D eigenvalue weighted by atomic mass is 9.97. The number of likely N-dealkylation sites (tertiary alicyclic amines) is 1. The van der Waals surface area contributed by atoms with Gasteiger partial charge in [0.05, 0.1) is 5.75 Å². The normalized spacial score (nSPS) is 18.6. The molecule has 0 spiro atoms. The maximum Gasteiger partial charge on any atom is 0.233 e. The number of imidazole rings is 1. The van der Waals surface area contributed by atoms with E-state index < -0.39 is 0 Å². The molecule has 0 N–H and O–H groups in total. The van der Waals surface area contributed by atoms with Crippen LogP contribution in [0.5, 0.6) is 0 Å². The number of amides is 1. The highest BCUT2D eigenvalue weighted by Gasteiger charge is 2.27. The number of rotatable bonds is 4. The first-order valence-corrected chi connectivity index (χ1v) is 8.30. The fourth-order valence-electron chi connectivity index (χ4n) is 2.60. The van der Waals surface area contributed by atoms with Crippen molar-refractivity contribution in [1.29, 1.82) is 0 Å². The smallest absolute Gasteiger partial charge is 0.233 e. The molecule has 1 aliphatic rings. The van der Waals surface area contributed by atoms with Gasteiger partial charge in [-0.15, -0.1) is 0 Å². The minimum absolute atomic E-state index is 0.137. The summed E-state index contributed by atoms with van der Waals surface area (Å²) in [4.78, 5) is 22.8. The molecular formula is C14H19N5O2S. The Bertz CT molecular complexity index is 653. The van der Waals surface area contributed by atoms with Crippen LogP contribution in [0, 0.1) is 6.92 Å². The van der Waals surface area contributed by atoms with E-state index in [1.807, 2.05) is 22.7 Å². The van der Waals surface area contributed by atoms with Crippen molar-refractivity contribution in [3.05, 3.63) is 24.1 Å². The third-order valence-electron chi connectivity index (χ3n) is 3.78. The van der Waals surface area contributed by atoms with Crippen LogP contribution in [0.15, 0.2) is 22.1 Å². The van der Waals surface area contributed by atoms with Crippen molar-refractivity contribution in [2.45, 2.75) is 30.8 Å². The van der Waals surface area contributed by atoms with Gasteiger partial charge in [-0.25, -0.2) is 4.98 Å². The number of aromatic nitrogens is 4. The van der Waals surface area contributed by atoms with Gasteiger partial charge in [0.1, 0.15) is 0 Å². The monoisotopic (exact) mass is 321 g/mol. The van der Waals surface area contributed by atoms with E-state index in [0.717, 1.165) is 24.5 Å². The zero-order valence-electron chi connectivity index (χ0n) is 12.7. The zero-order chi connectivity index (χ0) is 15.5. The highest BCUT2D eigenvalue weighted by molar-refractivity contribution is 7.99. The summed E-state index contributed by atoms with van der Waals surface area (Å²) in [6.07, 6.45) is 5.58. The maximum atomic E-state index is 12.4. The van der Waals surface area contributed by atoms with Crippen LogP contribution in [0.25, 0.3) is 0 Å². The largest absolute Gasteiger partial charge is 0.341 e. The minimum Gasteiger partial charge on any atom is -0.341 e. The second kappa shape index (κ2) is 6.51. The number of hydrogen-bond donors (Lipinski definition) is 0. The Morgan fingerprint density at radius 3 is 3.09 bits per heavy atom. The summed E-state index contributed by atoms with van der Waals surface area (Å²) < 4.78 is 6.96. The van der Waals surface area contributed by atoms with E-state index in [1.165, 1.54) is 11.8 Å². The van der Waals surface area contributed by atoms with Crippen molar-refractivity contribution in [1.82, 2.24) is 24.6 Å². The van der Waals surface area contributed by atoms with Crippen LogP contribution < -0.4 is 0 Å². The van der Waals surface area contributed by atoms with Gasteiger partial charge in [0, 0.05) is 45.4 Å². The van der Waals surface area contributed by atoms with E-state index in [-0.39, 0.29) is 11.8 Å². The number of piperidine rings is 1. The molecule has 0 radical (unpaired) electrons. The highest BCUT2D eigenvalue weighted by Crippen LogP contribution is 2.25.